The van der Waals surface area contributed by atoms with Crippen LogP contribution in [0.1, 0.15) is 42.0 Å². The highest BCUT2D eigenvalue weighted by Gasteiger charge is 2.19. The molecule has 0 saturated carbocycles. The van der Waals surface area contributed by atoms with Crippen LogP contribution < -0.4 is 21.7 Å². The average molecular weight is 450 g/mol. The predicted octanol–water partition coefficient (Wildman–Crippen LogP) is 4.32. The van der Waals surface area contributed by atoms with Crippen LogP contribution in [0.25, 0.3) is 11.5 Å². The fraction of sp³-hybridized carbons (Fsp3) is 0.346. The van der Waals surface area contributed by atoms with Crippen molar-refractivity contribution in [1.29, 1.82) is 0 Å². The molecule has 5 N–H and O–H groups in total. The van der Waals surface area contributed by atoms with E-state index in [4.69, 9.17) is 25.7 Å². The molecular weight excluding hydrogens is 414 g/mol. The highest BCUT2D eigenvalue weighted by molar-refractivity contribution is 5.53. The number of hydrogen-bond donors (Lipinski definition) is 3. The number of aromatic nitrogens is 1. The van der Waals surface area contributed by atoms with Gasteiger partial charge in [0, 0.05) is 30.9 Å². The van der Waals surface area contributed by atoms with Crippen LogP contribution in [-0.2, 0) is 13.1 Å². The number of hydrogen-bond acceptors (Lipinski definition) is 7. The Bertz CT molecular complexity index is 1080. The van der Waals surface area contributed by atoms with E-state index >= 15 is 0 Å². The minimum atomic E-state index is -0.742. The normalized spacial score (nSPS) is 11.6. The van der Waals surface area contributed by atoms with Crippen molar-refractivity contribution in [2.24, 2.45) is 11.6 Å². The molecule has 176 valence electrons. The number of nitrogens with zero attached hydrogens (tertiary/aromatic N) is 2. The van der Waals surface area contributed by atoms with E-state index in [1.54, 1.807) is 0 Å². The van der Waals surface area contributed by atoms with Gasteiger partial charge in [0.2, 0.25) is 5.89 Å². The van der Waals surface area contributed by atoms with Gasteiger partial charge in [-0.05, 0) is 63.4 Å². The number of aryl methyl sites for hydroxylation is 3. The molecule has 1 aromatic heterocycles. The highest BCUT2D eigenvalue weighted by Crippen LogP contribution is 2.28. The van der Waals surface area contributed by atoms with Crippen molar-refractivity contribution in [2.75, 3.05) is 6.54 Å². The Morgan fingerprint density at radius 2 is 1.76 bits per heavy atom. The summed E-state index contributed by atoms with van der Waals surface area (Å²) in [6.07, 6.45) is 0. The fourth-order valence-electron chi connectivity index (χ4n) is 3.79. The second-order valence-electron chi connectivity index (χ2n) is 9.05. The average Bonchev–Trinajstić information content (AvgIpc) is 3.11. The standard InChI is InChI=1S/C26H35N5O2/c1-17-12-21(13-18(2)24(17)33-26(5,6)27)15-31(14-19(3)30-28)16-23-20(4)32-25(29-23)22-10-8-7-9-11-22/h7-13,30H,3,14-16,27-28H2,1-2,4-6H3. The van der Waals surface area contributed by atoms with Gasteiger partial charge in [0.1, 0.15) is 11.5 Å². The molecule has 3 rings (SSSR count). The third-order valence-corrected chi connectivity index (χ3v) is 5.20. The summed E-state index contributed by atoms with van der Waals surface area (Å²) in [6, 6.07) is 14.2. The third kappa shape index (κ3) is 6.68. The first-order chi connectivity index (χ1) is 15.6. The molecule has 0 aliphatic carbocycles. The van der Waals surface area contributed by atoms with Gasteiger partial charge in [-0.2, -0.15) is 0 Å². The lowest BCUT2D eigenvalue weighted by Crippen LogP contribution is -2.39. The van der Waals surface area contributed by atoms with E-state index < -0.39 is 5.72 Å². The zero-order chi connectivity index (χ0) is 24.2. The molecule has 0 amide bonds. The van der Waals surface area contributed by atoms with Gasteiger partial charge in [-0.3, -0.25) is 16.5 Å². The van der Waals surface area contributed by atoms with Crippen molar-refractivity contribution in [2.45, 2.75) is 53.4 Å². The second-order valence-corrected chi connectivity index (χ2v) is 9.05. The summed E-state index contributed by atoms with van der Waals surface area (Å²) >= 11 is 0. The molecule has 7 nitrogen and oxygen atoms in total. The van der Waals surface area contributed by atoms with Crippen LogP contribution in [0.5, 0.6) is 5.75 Å². The molecule has 7 heteroatoms. The van der Waals surface area contributed by atoms with Crippen LogP contribution in [0.2, 0.25) is 0 Å². The summed E-state index contributed by atoms with van der Waals surface area (Å²) in [5.41, 5.74) is 13.8. The maximum absolute atomic E-state index is 6.06. The third-order valence-electron chi connectivity index (χ3n) is 5.20. The predicted molar refractivity (Wildman–Crippen MR) is 132 cm³/mol. The summed E-state index contributed by atoms with van der Waals surface area (Å²) in [7, 11) is 0. The lowest BCUT2D eigenvalue weighted by Gasteiger charge is -2.26. The molecule has 1 heterocycles. The van der Waals surface area contributed by atoms with Crippen molar-refractivity contribution in [1.82, 2.24) is 15.3 Å². The zero-order valence-electron chi connectivity index (χ0n) is 20.2. The van der Waals surface area contributed by atoms with Gasteiger partial charge in [-0.1, -0.05) is 36.9 Å². The first-order valence-electron chi connectivity index (χ1n) is 11.0. The number of ether oxygens (including phenoxy) is 1. The molecule has 0 aliphatic rings. The smallest absolute Gasteiger partial charge is 0.226 e. The van der Waals surface area contributed by atoms with E-state index in [2.05, 4.69) is 29.0 Å². The summed E-state index contributed by atoms with van der Waals surface area (Å²) in [5.74, 6) is 7.85. The summed E-state index contributed by atoms with van der Waals surface area (Å²) in [5, 5.41) is 0. The number of nitrogens with two attached hydrogens (primary N) is 2. The van der Waals surface area contributed by atoms with Crippen molar-refractivity contribution < 1.29 is 9.15 Å². The van der Waals surface area contributed by atoms with Crippen molar-refractivity contribution in [3.63, 3.8) is 0 Å². The lowest BCUT2D eigenvalue weighted by atomic mass is 10.0. The molecule has 0 spiro atoms. The Kier molecular flexibility index (Phi) is 7.58. The lowest BCUT2D eigenvalue weighted by molar-refractivity contribution is 0.115. The van der Waals surface area contributed by atoms with Crippen molar-refractivity contribution in [3.8, 4) is 17.2 Å². The minimum absolute atomic E-state index is 0.565. The maximum Gasteiger partial charge on any atom is 0.226 e. The summed E-state index contributed by atoms with van der Waals surface area (Å²) < 4.78 is 11.9. The van der Waals surface area contributed by atoms with Gasteiger partial charge in [0.05, 0.1) is 5.69 Å². The summed E-state index contributed by atoms with van der Waals surface area (Å²) in [6.45, 7) is 15.6. The van der Waals surface area contributed by atoms with Crippen LogP contribution in [0.15, 0.2) is 59.2 Å². The Labute approximate surface area is 196 Å². The molecule has 33 heavy (non-hydrogen) atoms. The van der Waals surface area contributed by atoms with Crippen molar-refractivity contribution >= 4 is 0 Å². The molecular formula is C26H35N5O2. The fourth-order valence-corrected chi connectivity index (χ4v) is 3.79. The molecule has 0 bridgehead atoms. The Morgan fingerprint density at radius 3 is 2.33 bits per heavy atom. The van der Waals surface area contributed by atoms with E-state index in [1.807, 2.05) is 65.0 Å². The topological polar surface area (TPSA) is 103 Å². The van der Waals surface area contributed by atoms with E-state index in [-0.39, 0.29) is 0 Å². The molecule has 0 aliphatic heterocycles. The van der Waals surface area contributed by atoms with Gasteiger partial charge < -0.3 is 14.6 Å². The zero-order valence-corrected chi connectivity index (χ0v) is 20.2. The molecule has 3 aromatic rings. The quantitative estimate of drug-likeness (QED) is 0.241. The first-order valence-corrected chi connectivity index (χ1v) is 11.0. The number of nitrogens with one attached hydrogen (secondary N) is 1. The minimum Gasteiger partial charge on any atom is -0.473 e. The van der Waals surface area contributed by atoms with Crippen molar-refractivity contribution in [3.05, 3.63) is 82.9 Å². The van der Waals surface area contributed by atoms with E-state index in [0.29, 0.717) is 25.5 Å². The Morgan fingerprint density at radius 1 is 1.12 bits per heavy atom. The van der Waals surface area contributed by atoms with Crippen LogP contribution in [0, 0.1) is 20.8 Å². The largest absolute Gasteiger partial charge is 0.473 e. The molecule has 0 atom stereocenters. The molecule has 0 unspecified atom stereocenters. The van der Waals surface area contributed by atoms with Crippen LogP contribution in [0.3, 0.4) is 0 Å². The molecule has 2 aromatic carbocycles. The van der Waals surface area contributed by atoms with Gasteiger partial charge in [0.25, 0.3) is 0 Å². The Balaban J connectivity index is 1.84. The van der Waals surface area contributed by atoms with E-state index in [1.165, 1.54) is 0 Å². The molecule has 0 fully saturated rings. The number of oxazole rings is 1. The molecule has 0 radical (unpaired) electrons. The summed E-state index contributed by atoms with van der Waals surface area (Å²) in [4.78, 5) is 6.99. The highest BCUT2D eigenvalue weighted by atomic mass is 16.5. The SMILES string of the molecule is C=C(CN(Cc1cc(C)c(OC(C)(C)N)c(C)c1)Cc1nc(-c2ccccc2)oc1C)NN. The number of benzene rings is 2. The van der Waals surface area contributed by atoms with Gasteiger partial charge in [0.15, 0.2) is 5.72 Å². The van der Waals surface area contributed by atoms with E-state index in [0.717, 1.165) is 45.2 Å². The van der Waals surface area contributed by atoms with Crippen LogP contribution in [0.4, 0.5) is 0 Å². The molecule has 0 saturated heterocycles. The van der Waals surface area contributed by atoms with Crippen LogP contribution in [-0.4, -0.2) is 22.2 Å². The first kappa shape index (κ1) is 24.5. The van der Waals surface area contributed by atoms with Gasteiger partial charge >= 0.3 is 0 Å². The monoisotopic (exact) mass is 449 g/mol. The van der Waals surface area contributed by atoms with Crippen LogP contribution >= 0.6 is 0 Å². The maximum atomic E-state index is 6.06. The number of hydrazine groups is 1. The van der Waals surface area contributed by atoms with Gasteiger partial charge in [-0.25, -0.2) is 4.98 Å². The van der Waals surface area contributed by atoms with Gasteiger partial charge in [-0.15, -0.1) is 0 Å². The number of rotatable bonds is 10. The Hall–Kier alpha value is -3.13. The second kappa shape index (κ2) is 10.2. The van der Waals surface area contributed by atoms with E-state index in [9.17, 15) is 0 Å².